The Morgan fingerprint density at radius 3 is 2.53 bits per heavy atom. The summed E-state index contributed by atoms with van der Waals surface area (Å²) < 4.78 is 6.37. The minimum atomic E-state index is -0.231. The van der Waals surface area contributed by atoms with Crippen LogP contribution in [0.2, 0.25) is 10.0 Å². The van der Waals surface area contributed by atoms with Crippen LogP contribution in [0.25, 0.3) is 0 Å². The molecule has 2 heterocycles. The number of amides is 1. The third-order valence-corrected chi connectivity index (χ3v) is 6.85. The van der Waals surface area contributed by atoms with Crippen molar-refractivity contribution in [2.24, 2.45) is 0 Å². The number of nitrogens with one attached hydrogen (secondary N) is 1. The number of carbonyl (C=O) groups is 1. The molecule has 0 fully saturated rings. The molecule has 3 rings (SSSR count). The predicted molar refractivity (Wildman–Crippen MR) is 124 cm³/mol. The van der Waals surface area contributed by atoms with Crippen LogP contribution in [0.1, 0.15) is 16.1 Å². The first-order chi connectivity index (χ1) is 14.4. The number of anilines is 1. The van der Waals surface area contributed by atoms with Crippen LogP contribution in [0.4, 0.5) is 5.69 Å². The molecule has 1 aromatic carbocycles. The summed E-state index contributed by atoms with van der Waals surface area (Å²) in [7, 11) is 4.07. The van der Waals surface area contributed by atoms with Gasteiger partial charge in [0.25, 0.3) is 5.91 Å². The number of halogens is 2. The van der Waals surface area contributed by atoms with Gasteiger partial charge in [0.1, 0.15) is 10.6 Å². The van der Waals surface area contributed by atoms with Crippen molar-refractivity contribution in [1.29, 1.82) is 0 Å². The van der Waals surface area contributed by atoms with Gasteiger partial charge in [0.15, 0.2) is 4.34 Å². The maximum absolute atomic E-state index is 12.5. The predicted octanol–water partition coefficient (Wildman–Crippen LogP) is 5.58. The van der Waals surface area contributed by atoms with Gasteiger partial charge in [-0.3, -0.25) is 9.78 Å². The maximum atomic E-state index is 12.5. The summed E-state index contributed by atoms with van der Waals surface area (Å²) >= 11 is 14.8. The minimum absolute atomic E-state index is 0.231. The summed E-state index contributed by atoms with van der Waals surface area (Å²) in [5.74, 6) is 0.542. The van der Waals surface area contributed by atoms with Gasteiger partial charge in [-0.2, -0.15) is 0 Å². The van der Waals surface area contributed by atoms with Gasteiger partial charge in [0, 0.05) is 24.6 Å². The molecule has 0 aliphatic heterocycles. The van der Waals surface area contributed by atoms with Gasteiger partial charge in [0.05, 0.1) is 27.7 Å². The second-order valence-corrected chi connectivity index (χ2v) is 9.61. The van der Waals surface area contributed by atoms with Crippen LogP contribution < -0.4 is 10.1 Å². The lowest BCUT2D eigenvalue weighted by atomic mass is 10.3. The zero-order valence-electron chi connectivity index (χ0n) is 16.4. The molecular weight excluding hydrogens is 463 g/mol. The molecule has 6 nitrogen and oxygen atoms in total. The number of benzene rings is 1. The average Bonchev–Trinajstić information content (AvgIpc) is 3.18. The number of carbonyl (C=O) groups excluding carboxylic acids is 1. The number of thiazole rings is 1. The van der Waals surface area contributed by atoms with Gasteiger partial charge in [-0.15, -0.1) is 11.3 Å². The van der Waals surface area contributed by atoms with Crippen molar-refractivity contribution in [3.05, 3.63) is 57.8 Å². The Balaban J connectivity index is 1.55. The molecule has 1 amide bonds. The Kier molecular flexibility index (Phi) is 8.35. The first kappa shape index (κ1) is 22.8. The quantitative estimate of drug-likeness (QED) is 0.401. The number of hydrogen-bond donors (Lipinski definition) is 1. The molecule has 2 aromatic heterocycles. The third-order valence-electron chi connectivity index (χ3n) is 3.84. The highest BCUT2D eigenvalue weighted by molar-refractivity contribution is 8.01. The second-order valence-electron chi connectivity index (χ2n) is 6.51. The Labute approximate surface area is 193 Å². The van der Waals surface area contributed by atoms with E-state index in [4.69, 9.17) is 27.9 Å². The largest absolute Gasteiger partial charge is 0.494 e. The van der Waals surface area contributed by atoms with Crippen molar-refractivity contribution in [1.82, 2.24) is 14.9 Å². The highest BCUT2D eigenvalue weighted by Crippen LogP contribution is 2.39. The summed E-state index contributed by atoms with van der Waals surface area (Å²) in [5.41, 5.74) is 0.684. The zero-order chi connectivity index (χ0) is 21.5. The molecular formula is C20H20Cl2N4O2S2. The number of aromatic nitrogens is 2. The molecule has 0 atom stereocenters. The Morgan fingerprint density at radius 1 is 1.17 bits per heavy atom. The van der Waals surface area contributed by atoms with E-state index in [1.165, 1.54) is 41.7 Å². The lowest BCUT2D eigenvalue weighted by molar-refractivity contribution is 0.103. The third kappa shape index (κ3) is 6.58. The average molecular weight is 483 g/mol. The Morgan fingerprint density at radius 2 is 1.87 bits per heavy atom. The van der Waals surface area contributed by atoms with Gasteiger partial charge in [-0.1, -0.05) is 35.0 Å². The van der Waals surface area contributed by atoms with E-state index < -0.39 is 0 Å². The van der Waals surface area contributed by atoms with Gasteiger partial charge in [0.2, 0.25) is 0 Å². The van der Waals surface area contributed by atoms with Crippen molar-refractivity contribution in [2.75, 3.05) is 32.6 Å². The van der Waals surface area contributed by atoms with Crippen LogP contribution >= 0.6 is 46.3 Å². The lowest BCUT2D eigenvalue weighted by Crippen LogP contribution is -2.15. The van der Waals surface area contributed by atoms with E-state index in [2.05, 4.69) is 20.2 Å². The number of nitrogens with zero attached hydrogens (tertiary/aromatic N) is 3. The van der Waals surface area contributed by atoms with E-state index in [0.717, 1.165) is 18.7 Å². The number of ether oxygens (including phenoxy) is 1. The van der Waals surface area contributed by atoms with Gasteiger partial charge >= 0.3 is 0 Å². The van der Waals surface area contributed by atoms with Crippen molar-refractivity contribution in [3.63, 3.8) is 0 Å². The molecule has 158 valence electrons. The van der Waals surface area contributed by atoms with Crippen molar-refractivity contribution in [3.8, 4) is 5.75 Å². The van der Waals surface area contributed by atoms with E-state index >= 15 is 0 Å². The first-order valence-electron chi connectivity index (χ1n) is 9.04. The Hall–Kier alpha value is -1.84. The van der Waals surface area contributed by atoms with Crippen LogP contribution in [0.5, 0.6) is 5.75 Å². The van der Waals surface area contributed by atoms with Gasteiger partial charge in [-0.05, 0) is 44.8 Å². The highest BCUT2D eigenvalue weighted by atomic mass is 35.5. The van der Waals surface area contributed by atoms with Crippen LogP contribution in [0.15, 0.2) is 52.1 Å². The molecule has 0 unspecified atom stereocenters. The molecule has 0 aliphatic carbocycles. The lowest BCUT2D eigenvalue weighted by Gasteiger charge is -2.10. The SMILES string of the molecule is CN(C)CCCOc1ccc(NC(=O)c2cnc(Sc3c(Cl)cncc3Cl)s2)cc1. The summed E-state index contributed by atoms with van der Waals surface area (Å²) in [5, 5.41) is 3.75. The fraction of sp³-hybridized carbons (Fsp3) is 0.250. The smallest absolute Gasteiger partial charge is 0.267 e. The fourth-order valence-corrected chi connectivity index (χ4v) is 4.80. The van der Waals surface area contributed by atoms with Crippen LogP contribution in [0, 0.1) is 0 Å². The molecule has 0 saturated heterocycles. The monoisotopic (exact) mass is 482 g/mol. The molecule has 0 saturated carbocycles. The normalized spacial score (nSPS) is 11.0. The highest BCUT2D eigenvalue weighted by Gasteiger charge is 2.15. The summed E-state index contributed by atoms with van der Waals surface area (Å²) in [6.07, 6.45) is 5.53. The molecule has 3 aromatic rings. The molecule has 10 heteroatoms. The van der Waals surface area contributed by atoms with E-state index in [0.29, 0.717) is 36.5 Å². The van der Waals surface area contributed by atoms with Gasteiger partial charge < -0.3 is 15.0 Å². The summed E-state index contributed by atoms with van der Waals surface area (Å²) in [6, 6.07) is 7.30. The number of hydrogen-bond acceptors (Lipinski definition) is 7. The summed E-state index contributed by atoms with van der Waals surface area (Å²) in [4.78, 5) is 24.0. The molecule has 0 bridgehead atoms. The Bertz CT molecular complexity index is 976. The topological polar surface area (TPSA) is 67.3 Å². The van der Waals surface area contributed by atoms with Crippen LogP contribution in [-0.4, -0.2) is 48.0 Å². The van der Waals surface area contributed by atoms with E-state index in [9.17, 15) is 4.79 Å². The van der Waals surface area contributed by atoms with E-state index in [-0.39, 0.29) is 5.91 Å². The van der Waals surface area contributed by atoms with Crippen molar-refractivity contribution in [2.45, 2.75) is 15.7 Å². The molecule has 1 N–H and O–H groups in total. The van der Waals surface area contributed by atoms with Crippen molar-refractivity contribution >= 4 is 57.9 Å². The first-order valence-corrected chi connectivity index (χ1v) is 11.4. The van der Waals surface area contributed by atoms with Crippen LogP contribution in [-0.2, 0) is 0 Å². The van der Waals surface area contributed by atoms with E-state index in [1.807, 2.05) is 38.4 Å². The molecule has 0 aliphatic rings. The summed E-state index contributed by atoms with van der Waals surface area (Å²) in [6.45, 7) is 1.62. The maximum Gasteiger partial charge on any atom is 0.267 e. The molecule has 0 radical (unpaired) electrons. The number of pyridine rings is 1. The fourth-order valence-electron chi connectivity index (χ4n) is 2.39. The standard InChI is InChI=1S/C20H20Cl2N4O2S2/c1-26(2)8-3-9-28-14-6-4-13(5-7-14)25-19(27)17-12-24-20(29-17)30-18-15(21)10-23-11-16(18)22/h4-7,10-12H,3,8-9H2,1-2H3,(H,25,27). The van der Waals surface area contributed by atoms with Gasteiger partial charge in [-0.25, -0.2) is 4.98 Å². The molecule has 30 heavy (non-hydrogen) atoms. The second kappa shape index (κ2) is 11.0. The number of rotatable bonds is 9. The van der Waals surface area contributed by atoms with Crippen LogP contribution in [0.3, 0.4) is 0 Å². The minimum Gasteiger partial charge on any atom is -0.494 e. The zero-order valence-corrected chi connectivity index (χ0v) is 19.5. The molecule has 0 spiro atoms. The van der Waals surface area contributed by atoms with Crippen molar-refractivity contribution < 1.29 is 9.53 Å². The van der Waals surface area contributed by atoms with E-state index in [1.54, 1.807) is 0 Å².